The topological polar surface area (TPSA) is 40.5 Å². The summed E-state index contributed by atoms with van der Waals surface area (Å²) in [7, 11) is 1.61. The van der Waals surface area contributed by atoms with Crippen molar-refractivity contribution < 1.29 is 9.90 Å². The van der Waals surface area contributed by atoms with Crippen LogP contribution in [0.5, 0.6) is 0 Å². The van der Waals surface area contributed by atoms with Crippen molar-refractivity contribution in [2.24, 2.45) is 0 Å². The van der Waals surface area contributed by atoms with E-state index in [9.17, 15) is 4.79 Å². The minimum atomic E-state index is -0.909. The lowest BCUT2D eigenvalue weighted by atomic mass is 9.84. The van der Waals surface area contributed by atoms with Crippen molar-refractivity contribution in [3.05, 3.63) is 28.3 Å². The molecule has 0 saturated heterocycles. The van der Waals surface area contributed by atoms with E-state index in [1.807, 2.05) is 6.92 Å². The molecule has 18 heavy (non-hydrogen) atoms. The molecule has 3 nitrogen and oxygen atoms in total. The molecule has 3 heteroatoms. The number of hydrogen-bond acceptors (Lipinski definition) is 1. The molecule has 1 aromatic carbocycles. The lowest BCUT2D eigenvalue weighted by Crippen LogP contribution is -2.25. The number of anilines is 1. The van der Waals surface area contributed by atoms with Crippen LogP contribution in [-0.4, -0.2) is 18.2 Å². The third-order valence-electron chi connectivity index (χ3n) is 4.38. The third-order valence-corrected chi connectivity index (χ3v) is 4.38. The Hall–Kier alpha value is -1.51. The zero-order chi connectivity index (χ0) is 13.7. The first kappa shape index (κ1) is 12.9. The number of fused-ring (bicyclic) bond motifs is 1. The molecule has 1 aliphatic rings. The molecule has 0 aromatic heterocycles. The second-order valence-electron chi connectivity index (χ2n) is 5.90. The van der Waals surface area contributed by atoms with E-state index in [0.717, 1.165) is 24.1 Å². The number of nitrogens with zero attached hydrogens (tertiary/aromatic N) is 1. The first-order chi connectivity index (χ1) is 8.25. The number of carbonyl (C=O) groups is 1. The molecule has 2 rings (SSSR count). The van der Waals surface area contributed by atoms with Crippen LogP contribution in [0.2, 0.25) is 0 Å². The molecule has 0 bridgehead atoms. The number of amides is 1. The smallest absolute Gasteiger partial charge is 0.411 e. The van der Waals surface area contributed by atoms with Crippen molar-refractivity contribution in [2.75, 3.05) is 11.9 Å². The van der Waals surface area contributed by atoms with Crippen molar-refractivity contribution in [2.45, 2.75) is 46.0 Å². The van der Waals surface area contributed by atoms with Crippen molar-refractivity contribution >= 4 is 11.8 Å². The van der Waals surface area contributed by atoms with E-state index in [-0.39, 0.29) is 5.41 Å². The van der Waals surface area contributed by atoms with Gasteiger partial charge in [-0.3, -0.25) is 4.90 Å². The van der Waals surface area contributed by atoms with Crippen molar-refractivity contribution in [3.8, 4) is 0 Å². The predicted octanol–water partition coefficient (Wildman–Crippen LogP) is 3.64. The quantitative estimate of drug-likeness (QED) is 0.823. The molecule has 0 spiro atoms. The van der Waals surface area contributed by atoms with Gasteiger partial charge in [-0.2, -0.15) is 0 Å². The molecule has 1 amide bonds. The normalized spacial score (nSPS) is 16.5. The Morgan fingerprint density at radius 2 is 1.94 bits per heavy atom. The molecule has 0 aliphatic heterocycles. The Morgan fingerprint density at radius 3 is 2.50 bits per heavy atom. The van der Waals surface area contributed by atoms with E-state index in [1.54, 1.807) is 7.05 Å². The van der Waals surface area contributed by atoms with E-state index in [1.165, 1.54) is 21.6 Å². The monoisotopic (exact) mass is 247 g/mol. The summed E-state index contributed by atoms with van der Waals surface area (Å²) in [4.78, 5) is 12.5. The molecule has 0 heterocycles. The highest BCUT2D eigenvalue weighted by Gasteiger charge is 2.32. The van der Waals surface area contributed by atoms with Gasteiger partial charge in [-0.1, -0.05) is 13.8 Å². The van der Waals surface area contributed by atoms with Gasteiger partial charge in [0, 0.05) is 7.05 Å². The maximum Gasteiger partial charge on any atom is 0.411 e. The second kappa shape index (κ2) is 4.01. The molecule has 1 aromatic rings. The molecular formula is C15H21NO2. The number of benzene rings is 1. The van der Waals surface area contributed by atoms with Crippen LogP contribution in [0, 0.1) is 13.8 Å². The summed E-state index contributed by atoms with van der Waals surface area (Å²) < 4.78 is 0. The third kappa shape index (κ3) is 1.78. The highest BCUT2D eigenvalue weighted by Crippen LogP contribution is 2.43. The molecule has 1 N–H and O–H groups in total. The van der Waals surface area contributed by atoms with Crippen LogP contribution in [0.25, 0.3) is 0 Å². The molecule has 0 atom stereocenters. The minimum Gasteiger partial charge on any atom is -0.465 e. The molecule has 0 saturated carbocycles. The van der Waals surface area contributed by atoms with Gasteiger partial charge in [-0.25, -0.2) is 4.79 Å². The van der Waals surface area contributed by atoms with Crippen LogP contribution in [-0.2, 0) is 11.8 Å². The van der Waals surface area contributed by atoms with Crippen LogP contribution in [0.4, 0.5) is 10.5 Å². The summed E-state index contributed by atoms with van der Waals surface area (Å²) in [5.74, 6) is 0. The standard InChI is InChI=1S/C15H21NO2/c1-9-10(2)13(16(5)14(17)18)8-12-11(9)6-7-15(12,3)4/h8H,6-7H2,1-5H3,(H,17,18). The Morgan fingerprint density at radius 1 is 1.33 bits per heavy atom. The highest BCUT2D eigenvalue weighted by molar-refractivity contribution is 5.87. The zero-order valence-electron chi connectivity index (χ0n) is 11.8. The van der Waals surface area contributed by atoms with Crippen LogP contribution in [0.1, 0.15) is 42.5 Å². The van der Waals surface area contributed by atoms with Crippen LogP contribution in [0.3, 0.4) is 0 Å². The molecule has 1 aliphatic carbocycles. The van der Waals surface area contributed by atoms with Gasteiger partial charge in [0.2, 0.25) is 0 Å². The van der Waals surface area contributed by atoms with Gasteiger partial charge in [0.25, 0.3) is 0 Å². The number of hydrogen-bond donors (Lipinski definition) is 1. The van der Waals surface area contributed by atoms with Crippen molar-refractivity contribution in [1.29, 1.82) is 0 Å². The summed E-state index contributed by atoms with van der Waals surface area (Å²) in [5.41, 5.74) is 6.03. The molecule has 0 radical (unpaired) electrons. The Balaban J connectivity index is 2.65. The average Bonchev–Trinajstić information content (AvgIpc) is 2.58. The molecule has 0 unspecified atom stereocenters. The lowest BCUT2D eigenvalue weighted by molar-refractivity contribution is 0.203. The molecule has 0 fully saturated rings. The van der Waals surface area contributed by atoms with Gasteiger partial charge in [0.1, 0.15) is 0 Å². The van der Waals surface area contributed by atoms with Gasteiger partial charge in [-0.05, 0) is 60.4 Å². The highest BCUT2D eigenvalue weighted by atomic mass is 16.4. The van der Waals surface area contributed by atoms with E-state index in [4.69, 9.17) is 5.11 Å². The number of carboxylic acid groups (broad SMARTS) is 1. The van der Waals surface area contributed by atoms with Crippen LogP contribution >= 0.6 is 0 Å². The van der Waals surface area contributed by atoms with E-state index < -0.39 is 6.09 Å². The van der Waals surface area contributed by atoms with Crippen LogP contribution < -0.4 is 4.90 Å². The van der Waals surface area contributed by atoms with Crippen molar-refractivity contribution in [3.63, 3.8) is 0 Å². The minimum absolute atomic E-state index is 0.155. The fraction of sp³-hybridized carbons (Fsp3) is 0.533. The largest absolute Gasteiger partial charge is 0.465 e. The van der Waals surface area contributed by atoms with Crippen LogP contribution in [0.15, 0.2) is 6.07 Å². The molecular weight excluding hydrogens is 226 g/mol. The first-order valence-electron chi connectivity index (χ1n) is 6.36. The zero-order valence-corrected chi connectivity index (χ0v) is 11.8. The fourth-order valence-corrected chi connectivity index (χ4v) is 2.90. The molecule has 98 valence electrons. The predicted molar refractivity (Wildman–Crippen MR) is 73.7 cm³/mol. The number of rotatable bonds is 1. The van der Waals surface area contributed by atoms with Gasteiger partial charge >= 0.3 is 6.09 Å². The second-order valence-corrected chi connectivity index (χ2v) is 5.90. The van der Waals surface area contributed by atoms with Gasteiger partial charge < -0.3 is 5.11 Å². The average molecular weight is 247 g/mol. The summed E-state index contributed by atoms with van der Waals surface area (Å²) in [5, 5.41) is 9.16. The SMILES string of the molecule is Cc1c(N(C)C(=O)O)cc2c(c1C)CCC2(C)C. The van der Waals surface area contributed by atoms with Crippen molar-refractivity contribution in [1.82, 2.24) is 0 Å². The summed E-state index contributed by atoms with van der Waals surface area (Å²) >= 11 is 0. The van der Waals surface area contributed by atoms with E-state index in [2.05, 4.69) is 26.8 Å². The fourth-order valence-electron chi connectivity index (χ4n) is 2.90. The van der Waals surface area contributed by atoms with E-state index in [0.29, 0.717) is 0 Å². The maximum absolute atomic E-state index is 11.2. The Kier molecular flexibility index (Phi) is 2.88. The summed E-state index contributed by atoms with van der Waals surface area (Å²) in [6.07, 6.45) is 1.34. The van der Waals surface area contributed by atoms with E-state index >= 15 is 0 Å². The van der Waals surface area contributed by atoms with Gasteiger partial charge in [0.15, 0.2) is 0 Å². The van der Waals surface area contributed by atoms with Gasteiger partial charge in [-0.15, -0.1) is 0 Å². The Labute approximate surface area is 108 Å². The summed E-state index contributed by atoms with van der Waals surface area (Å²) in [6, 6.07) is 2.07. The van der Waals surface area contributed by atoms with Gasteiger partial charge in [0.05, 0.1) is 5.69 Å². The Bertz CT molecular complexity index is 518. The summed E-state index contributed by atoms with van der Waals surface area (Å²) in [6.45, 7) is 8.58. The lowest BCUT2D eigenvalue weighted by Gasteiger charge is -2.24. The first-order valence-corrected chi connectivity index (χ1v) is 6.36. The maximum atomic E-state index is 11.2.